The van der Waals surface area contributed by atoms with E-state index in [1.54, 1.807) is 0 Å². The van der Waals surface area contributed by atoms with Crippen molar-refractivity contribution in [3.05, 3.63) is 58.4 Å². The van der Waals surface area contributed by atoms with Gasteiger partial charge in [0.2, 0.25) is 0 Å². The van der Waals surface area contributed by atoms with E-state index in [0.29, 0.717) is 25.0 Å². The molecule has 33 heavy (non-hydrogen) atoms. The molecule has 2 aliphatic carbocycles. The summed E-state index contributed by atoms with van der Waals surface area (Å²) in [5.41, 5.74) is -1.79. The van der Waals surface area contributed by atoms with Crippen LogP contribution in [0.1, 0.15) is 36.0 Å². The van der Waals surface area contributed by atoms with Crippen LogP contribution in [0.5, 0.6) is 0 Å². The highest BCUT2D eigenvalue weighted by molar-refractivity contribution is 7.92. The van der Waals surface area contributed by atoms with Crippen LogP contribution in [0.3, 0.4) is 0 Å². The topological polar surface area (TPSA) is 104 Å². The highest BCUT2D eigenvalue weighted by atomic mass is 35.5. The van der Waals surface area contributed by atoms with Crippen molar-refractivity contribution < 1.29 is 36.6 Å². The molecule has 0 saturated heterocycles. The normalized spacial score (nSPS) is 26.9. The minimum absolute atomic E-state index is 0.0900. The Morgan fingerprint density at radius 1 is 1.09 bits per heavy atom. The van der Waals surface area contributed by atoms with Gasteiger partial charge in [-0.25, -0.2) is 21.6 Å². The van der Waals surface area contributed by atoms with Crippen LogP contribution in [0, 0.1) is 29.3 Å². The van der Waals surface area contributed by atoms with Gasteiger partial charge in [0.05, 0.1) is 27.4 Å². The van der Waals surface area contributed by atoms with Gasteiger partial charge >= 0.3 is 0 Å². The quantitative estimate of drug-likeness (QED) is 0.540. The van der Waals surface area contributed by atoms with E-state index in [0.717, 1.165) is 6.07 Å². The average molecular weight is 504 g/mol. The van der Waals surface area contributed by atoms with Gasteiger partial charge in [-0.2, -0.15) is 0 Å². The third kappa shape index (κ3) is 4.37. The first-order valence-electron chi connectivity index (χ1n) is 10.3. The lowest BCUT2D eigenvalue weighted by atomic mass is 9.77. The largest absolute Gasteiger partial charge is 0.393 e. The summed E-state index contributed by atoms with van der Waals surface area (Å²) in [7, 11) is -4.01. The molecule has 2 aromatic carbocycles. The van der Waals surface area contributed by atoms with E-state index in [4.69, 9.17) is 11.6 Å². The Hall–Kier alpha value is -2.14. The Labute approximate surface area is 193 Å². The lowest BCUT2D eigenvalue weighted by Gasteiger charge is -2.39. The fourth-order valence-corrected chi connectivity index (χ4v) is 7.96. The number of sulfone groups is 1. The standard InChI is InChI=1S/C22H21ClF3NO5S/c23-15-4-3-11(21(29)27-14-6-16(24)19(26)17(25)7-14)5-18(15)33(31,32)20-12-1-2-13(20)9-22(30,8-12)10-28/h3-7,12-13,20,28,30H,1-2,8-10H2,(H,27,29)/t12-,13?,20-,22+/m0/s1. The predicted octanol–water partition coefficient (Wildman–Crippen LogP) is 3.70. The molecule has 3 N–H and O–H groups in total. The number of aliphatic hydroxyl groups is 2. The summed E-state index contributed by atoms with van der Waals surface area (Å²) in [6, 6.07) is 4.80. The summed E-state index contributed by atoms with van der Waals surface area (Å²) in [6.45, 7) is -0.451. The molecule has 0 radical (unpaired) electrons. The highest BCUT2D eigenvalue weighted by Crippen LogP contribution is 2.51. The van der Waals surface area contributed by atoms with Crippen LogP contribution in [-0.4, -0.2) is 42.0 Å². The molecule has 4 atom stereocenters. The number of rotatable bonds is 5. The van der Waals surface area contributed by atoms with Crippen LogP contribution in [0.2, 0.25) is 5.02 Å². The first-order valence-corrected chi connectivity index (χ1v) is 12.2. The Kier molecular flexibility index (Phi) is 6.24. The van der Waals surface area contributed by atoms with E-state index in [1.807, 2.05) is 0 Å². The van der Waals surface area contributed by atoms with Gasteiger partial charge < -0.3 is 15.5 Å². The molecule has 2 aromatic rings. The van der Waals surface area contributed by atoms with Crippen molar-refractivity contribution in [2.75, 3.05) is 11.9 Å². The van der Waals surface area contributed by atoms with Crippen molar-refractivity contribution >= 4 is 33.0 Å². The number of carbonyl (C=O) groups excluding carboxylic acids is 1. The van der Waals surface area contributed by atoms with Crippen LogP contribution < -0.4 is 5.32 Å². The van der Waals surface area contributed by atoms with Crippen molar-refractivity contribution in [1.82, 2.24) is 0 Å². The maximum Gasteiger partial charge on any atom is 0.255 e. The third-order valence-electron chi connectivity index (χ3n) is 6.52. The third-order valence-corrected chi connectivity index (χ3v) is 9.39. The first-order chi connectivity index (χ1) is 15.4. The number of hydrogen-bond donors (Lipinski definition) is 3. The lowest BCUT2D eigenvalue weighted by molar-refractivity contribution is -0.0597. The first kappa shape index (κ1) is 24.0. The molecular weight excluding hydrogens is 483 g/mol. The van der Waals surface area contributed by atoms with Crippen LogP contribution in [0.4, 0.5) is 18.9 Å². The number of benzene rings is 2. The van der Waals surface area contributed by atoms with Gasteiger partial charge in [-0.3, -0.25) is 4.79 Å². The monoisotopic (exact) mass is 503 g/mol. The molecular formula is C22H21ClF3NO5S. The summed E-state index contributed by atoms with van der Waals surface area (Å²) in [5, 5.41) is 21.3. The Bertz CT molecular complexity index is 1190. The molecule has 2 aliphatic rings. The van der Waals surface area contributed by atoms with Crippen LogP contribution >= 0.6 is 11.6 Å². The Morgan fingerprint density at radius 2 is 1.67 bits per heavy atom. The zero-order valence-electron chi connectivity index (χ0n) is 17.2. The fourth-order valence-electron chi connectivity index (χ4n) is 5.11. The molecule has 0 aromatic heterocycles. The van der Waals surface area contributed by atoms with Crippen molar-refractivity contribution in [2.45, 2.75) is 41.4 Å². The molecule has 1 amide bonds. The van der Waals surface area contributed by atoms with Gasteiger partial charge in [-0.05, 0) is 55.7 Å². The maximum absolute atomic E-state index is 13.5. The van der Waals surface area contributed by atoms with Crippen LogP contribution in [-0.2, 0) is 9.84 Å². The molecule has 0 aliphatic heterocycles. The Morgan fingerprint density at radius 3 is 2.21 bits per heavy atom. The minimum atomic E-state index is -4.01. The number of fused-ring (bicyclic) bond motifs is 2. The number of amides is 1. The number of carbonyl (C=O) groups is 1. The van der Waals surface area contributed by atoms with E-state index < -0.39 is 50.7 Å². The van der Waals surface area contributed by atoms with Crippen molar-refractivity contribution in [3.8, 4) is 0 Å². The molecule has 2 saturated carbocycles. The summed E-state index contributed by atoms with van der Waals surface area (Å²) >= 11 is 6.18. The van der Waals surface area contributed by atoms with Gasteiger partial charge in [0.25, 0.3) is 5.91 Å². The van der Waals surface area contributed by atoms with Crippen molar-refractivity contribution in [3.63, 3.8) is 0 Å². The number of nitrogens with one attached hydrogen (secondary N) is 1. The smallest absolute Gasteiger partial charge is 0.255 e. The fraction of sp³-hybridized carbons (Fsp3) is 0.409. The van der Waals surface area contributed by atoms with Gasteiger partial charge in [0.15, 0.2) is 27.3 Å². The zero-order chi connectivity index (χ0) is 24.1. The van der Waals surface area contributed by atoms with Crippen molar-refractivity contribution in [2.24, 2.45) is 11.8 Å². The lowest BCUT2D eigenvalue weighted by Crippen LogP contribution is -2.48. The molecule has 4 rings (SSSR count). The summed E-state index contributed by atoms with van der Waals surface area (Å²) in [6.07, 6.45) is 1.44. The predicted molar refractivity (Wildman–Crippen MR) is 114 cm³/mol. The second-order valence-corrected chi connectivity index (χ2v) is 11.2. The van der Waals surface area contributed by atoms with Gasteiger partial charge in [-0.15, -0.1) is 0 Å². The number of anilines is 1. The average Bonchev–Trinajstić information content (AvgIpc) is 3.05. The van der Waals surface area contributed by atoms with Gasteiger partial charge in [-0.1, -0.05) is 11.6 Å². The number of halogens is 4. The molecule has 178 valence electrons. The van der Waals surface area contributed by atoms with E-state index in [9.17, 15) is 36.6 Å². The van der Waals surface area contributed by atoms with E-state index in [1.165, 1.54) is 12.1 Å². The minimum Gasteiger partial charge on any atom is -0.393 e. The zero-order valence-corrected chi connectivity index (χ0v) is 18.8. The molecule has 2 fully saturated rings. The Balaban J connectivity index is 1.63. The van der Waals surface area contributed by atoms with Gasteiger partial charge in [0.1, 0.15) is 0 Å². The molecule has 2 bridgehead atoms. The van der Waals surface area contributed by atoms with Crippen LogP contribution in [0.25, 0.3) is 0 Å². The van der Waals surface area contributed by atoms with Gasteiger partial charge in [0, 0.05) is 23.4 Å². The second-order valence-electron chi connectivity index (χ2n) is 8.75. The van der Waals surface area contributed by atoms with Crippen molar-refractivity contribution in [1.29, 1.82) is 0 Å². The summed E-state index contributed by atoms with van der Waals surface area (Å²) in [4.78, 5) is 12.3. The second kappa shape index (κ2) is 8.57. The summed E-state index contributed by atoms with van der Waals surface area (Å²) in [5.74, 6) is -6.26. The molecule has 11 heteroatoms. The highest BCUT2D eigenvalue weighted by Gasteiger charge is 2.54. The van der Waals surface area contributed by atoms with Crippen LogP contribution in [0.15, 0.2) is 35.2 Å². The molecule has 0 heterocycles. The number of hydrogen-bond acceptors (Lipinski definition) is 5. The molecule has 1 unspecified atom stereocenters. The SMILES string of the molecule is O=C(Nc1cc(F)c(F)c(F)c1)c1ccc(Cl)c(S(=O)(=O)[C@@H]2C3CC[C@H]2C[C@](O)(CO)C3)c1. The van der Waals surface area contributed by atoms with E-state index in [-0.39, 0.29) is 45.8 Å². The number of aliphatic hydroxyl groups excluding tert-OH is 1. The maximum atomic E-state index is 13.5. The molecule has 0 spiro atoms. The van der Waals surface area contributed by atoms with E-state index >= 15 is 0 Å². The summed E-state index contributed by atoms with van der Waals surface area (Å²) < 4.78 is 67.1. The molecule has 6 nitrogen and oxygen atoms in total. The van der Waals surface area contributed by atoms with E-state index in [2.05, 4.69) is 5.32 Å².